The molecule has 0 saturated carbocycles. The van der Waals surface area contributed by atoms with Gasteiger partial charge in [0.25, 0.3) is 0 Å². The van der Waals surface area contributed by atoms with Crippen LogP contribution in [0.25, 0.3) is 0 Å². The van der Waals surface area contributed by atoms with Crippen LogP contribution >= 0.6 is 0 Å². The van der Waals surface area contributed by atoms with E-state index in [-0.39, 0.29) is 17.3 Å². The number of aromatic nitrogens is 1. The lowest BCUT2D eigenvalue weighted by molar-refractivity contribution is 0.114. The van der Waals surface area contributed by atoms with E-state index in [1.165, 1.54) is 0 Å². The first-order valence-corrected chi connectivity index (χ1v) is 11.7. The summed E-state index contributed by atoms with van der Waals surface area (Å²) in [4.78, 5) is 37.6. The molecular formula is C25H41N5O4. The van der Waals surface area contributed by atoms with E-state index >= 15 is 0 Å². The summed E-state index contributed by atoms with van der Waals surface area (Å²) >= 11 is 0. The van der Waals surface area contributed by atoms with Crippen molar-refractivity contribution in [2.75, 3.05) is 25.0 Å². The Morgan fingerprint density at radius 2 is 1.74 bits per heavy atom. The van der Waals surface area contributed by atoms with Crippen LogP contribution in [0, 0.1) is 12.3 Å². The average molecular weight is 476 g/mol. The zero-order valence-electron chi connectivity index (χ0n) is 22.3. The molecule has 9 nitrogen and oxygen atoms in total. The maximum Gasteiger partial charge on any atom is 0.434 e. The van der Waals surface area contributed by atoms with Crippen LogP contribution in [0.2, 0.25) is 0 Å². The number of pyridine rings is 1. The van der Waals surface area contributed by atoms with Crippen LogP contribution in [0.4, 0.5) is 15.3 Å². The summed E-state index contributed by atoms with van der Waals surface area (Å²) in [6.07, 6.45) is 0.130. The first-order valence-electron chi connectivity index (χ1n) is 11.7. The van der Waals surface area contributed by atoms with Crippen LogP contribution in [0.3, 0.4) is 0 Å². The summed E-state index contributed by atoms with van der Waals surface area (Å²) in [5.74, 6) is 0.0973. The summed E-state index contributed by atoms with van der Waals surface area (Å²) < 4.78 is 0. The molecule has 0 bridgehead atoms. The average Bonchev–Trinajstić information content (AvgIpc) is 2.59. The minimum absolute atomic E-state index is 0.0181. The first kappa shape index (κ1) is 27.6. The summed E-state index contributed by atoms with van der Waals surface area (Å²) in [5.41, 5.74) is 0.765. The lowest BCUT2D eigenvalue weighted by Gasteiger charge is -2.45. The number of anilines is 1. The van der Waals surface area contributed by atoms with Crippen molar-refractivity contribution in [2.45, 2.75) is 85.7 Å². The maximum absolute atomic E-state index is 12.4. The number of amides is 2. The molecule has 0 radical (unpaired) electrons. The number of hydrogen-bond donors (Lipinski definition) is 2. The van der Waals surface area contributed by atoms with Gasteiger partial charge in [-0.2, -0.15) is 0 Å². The number of rotatable bonds is 2. The lowest BCUT2D eigenvalue weighted by Crippen LogP contribution is -2.60. The molecule has 1 aliphatic heterocycles. The van der Waals surface area contributed by atoms with Gasteiger partial charge in [-0.3, -0.25) is 4.98 Å². The molecule has 2 N–H and O–H groups in total. The minimum Gasteiger partial charge on any atom is -0.465 e. The number of hydrogen-bond acceptors (Lipinski definition) is 4. The van der Waals surface area contributed by atoms with Crippen molar-refractivity contribution < 1.29 is 19.8 Å². The van der Waals surface area contributed by atoms with Crippen molar-refractivity contribution in [1.82, 2.24) is 14.8 Å². The fourth-order valence-electron chi connectivity index (χ4n) is 4.92. The van der Waals surface area contributed by atoms with Crippen molar-refractivity contribution in [3.63, 3.8) is 0 Å². The van der Waals surface area contributed by atoms with E-state index in [2.05, 4.69) is 35.8 Å². The second-order valence-electron chi connectivity index (χ2n) is 11.9. The van der Waals surface area contributed by atoms with Gasteiger partial charge in [-0.05, 0) is 91.4 Å². The molecule has 1 unspecified atom stereocenters. The summed E-state index contributed by atoms with van der Waals surface area (Å²) in [6.45, 7) is 19.1. The van der Waals surface area contributed by atoms with Gasteiger partial charge in [-0.15, -0.1) is 4.99 Å². The molecule has 2 amide bonds. The van der Waals surface area contributed by atoms with Crippen molar-refractivity contribution >= 4 is 23.8 Å². The van der Waals surface area contributed by atoms with Crippen LogP contribution in [0.15, 0.2) is 17.3 Å². The van der Waals surface area contributed by atoms with Gasteiger partial charge in [-0.1, -0.05) is 13.8 Å². The SMILES string of the molecule is Cc1ncc(C2CCN(C)CC2(C)C)cc1N(C(=NC(=O)O)N(C(=O)O)C(C)(C)C)C(C)(C)C. The van der Waals surface area contributed by atoms with Gasteiger partial charge in [-0.25, -0.2) is 14.5 Å². The quantitative estimate of drug-likeness (QED) is 0.444. The first-order chi connectivity index (χ1) is 15.4. The zero-order valence-corrected chi connectivity index (χ0v) is 22.3. The van der Waals surface area contributed by atoms with Crippen molar-refractivity contribution in [2.24, 2.45) is 10.4 Å². The second-order valence-corrected chi connectivity index (χ2v) is 11.9. The van der Waals surface area contributed by atoms with Crippen LogP contribution in [0.5, 0.6) is 0 Å². The standard InChI is InChI=1S/C25H41N5O4/c1-16-19(13-17(14-26-16)18-11-12-28(10)15-25(18,8)9)29(23(2,3)4)20(27-21(31)32)30(22(33)34)24(5,6)7/h13-14,18H,11-12,15H2,1-10H3,(H,31,32)(H,33,34). The normalized spacial score (nSPS) is 19.6. The molecule has 34 heavy (non-hydrogen) atoms. The molecule has 0 aliphatic carbocycles. The maximum atomic E-state index is 12.4. The Kier molecular flexibility index (Phi) is 7.72. The number of likely N-dealkylation sites (tertiary alicyclic amines) is 1. The molecule has 190 valence electrons. The smallest absolute Gasteiger partial charge is 0.434 e. The highest BCUT2D eigenvalue weighted by Gasteiger charge is 2.41. The van der Waals surface area contributed by atoms with Gasteiger partial charge in [0, 0.05) is 23.8 Å². The molecule has 1 aliphatic rings. The zero-order chi connectivity index (χ0) is 26.2. The summed E-state index contributed by atoms with van der Waals surface area (Å²) in [5, 5.41) is 19.7. The highest BCUT2D eigenvalue weighted by molar-refractivity contribution is 6.08. The van der Waals surface area contributed by atoms with Gasteiger partial charge in [0.2, 0.25) is 5.96 Å². The van der Waals surface area contributed by atoms with E-state index in [0.717, 1.165) is 30.0 Å². The molecule has 0 spiro atoms. The Balaban J connectivity index is 2.77. The third kappa shape index (κ3) is 6.05. The fraction of sp³-hybridized carbons (Fsp3) is 0.680. The van der Waals surface area contributed by atoms with Gasteiger partial charge in [0.15, 0.2) is 0 Å². The van der Waals surface area contributed by atoms with E-state index < -0.39 is 23.3 Å². The monoisotopic (exact) mass is 475 g/mol. The number of aliphatic imine (C=N–C) groups is 1. The van der Waals surface area contributed by atoms with E-state index in [4.69, 9.17) is 0 Å². The predicted molar refractivity (Wildman–Crippen MR) is 135 cm³/mol. The molecule has 1 aromatic heterocycles. The summed E-state index contributed by atoms with van der Waals surface area (Å²) in [6, 6.07) is 2.03. The highest BCUT2D eigenvalue weighted by Crippen LogP contribution is 2.43. The third-order valence-corrected chi connectivity index (χ3v) is 6.27. The van der Waals surface area contributed by atoms with Crippen LogP contribution in [-0.2, 0) is 0 Å². The van der Waals surface area contributed by atoms with Crippen molar-refractivity contribution in [1.29, 1.82) is 0 Å². The van der Waals surface area contributed by atoms with Crippen LogP contribution in [-0.4, -0.2) is 74.4 Å². The second kappa shape index (κ2) is 9.52. The number of piperidine rings is 1. The molecule has 1 atom stereocenters. The highest BCUT2D eigenvalue weighted by atomic mass is 16.4. The van der Waals surface area contributed by atoms with E-state index in [1.54, 1.807) is 25.7 Å². The molecule has 2 heterocycles. The number of nitrogens with zero attached hydrogens (tertiary/aromatic N) is 5. The Bertz CT molecular complexity index is 959. The number of carbonyl (C=O) groups is 2. The van der Waals surface area contributed by atoms with Crippen LogP contribution in [0.1, 0.15) is 79.0 Å². The molecule has 0 aromatic carbocycles. The predicted octanol–water partition coefficient (Wildman–Crippen LogP) is 5.25. The lowest BCUT2D eigenvalue weighted by atomic mass is 9.71. The van der Waals surface area contributed by atoms with Crippen LogP contribution < -0.4 is 4.90 Å². The summed E-state index contributed by atoms with van der Waals surface area (Å²) in [7, 11) is 2.12. The molecule has 9 heteroatoms. The minimum atomic E-state index is -1.46. The third-order valence-electron chi connectivity index (χ3n) is 6.27. The number of aryl methyl sites for hydroxylation is 1. The van der Waals surface area contributed by atoms with Gasteiger partial charge in [0.05, 0.1) is 11.4 Å². The largest absolute Gasteiger partial charge is 0.465 e. The van der Waals surface area contributed by atoms with E-state index in [9.17, 15) is 19.8 Å². The molecule has 2 rings (SSSR count). The number of guanidine groups is 1. The van der Waals surface area contributed by atoms with Gasteiger partial charge in [0.1, 0.15) is 0 Å². The molecule has 1 aromatic rings. The van der Waals surface area contributed by atoms with Crippen molar-refractivity contribution in [3.8, 4) is 0 Å². The Morgan fingerprint density at radius 1 is 1.15 bits per heavy atom. The molecule has 1 fully saturated rings. The molecular weight excluding hydrogens is 434 g/mol. The van der Waals surface area contributed by atoms with Crippen molar-refractivity contribution in [3.05, 3.63) is 23.5 Å². The van der Waals surface area contributed by atoms with E-state index in [0.29, 0.717) is 11.4 Å². The fourth-order valence-corrected chi connectivity index (χ4v) is 4.92. The van der Waals surface area contributed by atoms with E-state index in [1.807, 2.05) is 40.0 Å². The Morgan fingerprint density at radius 3 is 2.18 bits per heavy atom. The topological polar surface area (TPSA) is 110 Å². The number of carboxylic acid groups (broad SMARTS) is 2. The Hall–Kier alpha value is -2.68. The molecule has 1 saturated heterocycles. The van der Waals surface area contributed by atoms with Gasteiger partial charge >= 0.3 is 12.2 Å². The van der Waals surface area contributed by atoms with Gasteiger partial charge < -0.3 is 20.0 Å². The Labute approximate surface area is 203 Å².